The fourth-order valence-corrected chi connectivity index (χ4v) is 1.61. The Hall–Kier alpha value is -0.510. The van der Waals surface area contributed by atoms with E-state index in [0.29, 0.717) is 6.42 Å². The molecule has 0 amide bonds. The lowest BCUT2D eigenvalue weighted by Crippen LogP contribution is -2.33. The van der Waals surface area contributed by atoms with Gasteiger partial charge >= 0.3 is 14.0 Å². The van der Waals surface area contributed by atoms with E-state index in [2.05, 4.69) is 0 Å². The second-order valence-corrected chi connectivity index (χ2v) is 4.57. The van der Waals surface area contributed by atoms with Crippen molar-refractivity contribution in [1.29, 1.82) is 0 Å². The summed E-state index contributed by atoms with van der Waals surface area (Å²) in [6.07, 6.45) is 0.318. The van der Waals surface area contributed by atoms with Gasteiger partial charge in [0, 0.05) is 0 Å². The van der Waals surface area contributed by atoms with E-state index in [-0.39, 0.29) is 5.92 Å². The van der Waals surface area contributed by atoms with Crippen molar-refractivity contribution in [2.24, 2.45) is 17.6 Å². The Bertz CT molecular complexity index is 207. The lowest BCUT2D eigenvalue weighted by atomic mass is 9.97. The van der Waals surface area contributed by atoms with Crippen molar-refractivity contribution < 1.29 is 19.4 Å². The lowest BCUT2D eigenvalue weighted by Gasteiger charge is -2.12. The van der Waals surface area contributed by atoms with Crippen molar-refractivity contribution in [3.8, 4) is 0 Å². The first-order valence-electron chi connectivity index (χ1n) is 4.00. The molecule has 0 aromatic carbocycles. The molecule has 0 rings (SSSR count). The molecule has 13 heavy (non-hydrogen) atoms. The molecule has 0 saturated carbocycles. The molecule has 0 aliphatic carbocycles. The van der Waals surface area contributed by atoms with Crippen LogP contribution in [0.2, 0.25) is 0 Å². The normalized spacial score (nSPS) is 16.8. The first-order chi connectivity index (χ1) is 5.86. The molecule has 6 heteroatoms. The number of aliphatic carboxylic acids is 1. The number of rotatable bonds is 5. The van der Waals surface area contributed by atoms with Gasteiger partial charge in [-0.3, -0.25) is 10.5 Å². The molecule has 0 radical (unpaired) electrons. The summed E-state index contributed by atoms with van der Waals surface area (Å²) in [6.45, 7) is 3.68. The summed E-state index contributed by atoms with van der Waals surface area (Å²) in [5.74, 6) is -3.08. The van der Waals surface area contributed by atoms with Crippen LogP contribution in [0.3, 0.4) is 0 Å². The van der Waals surface area contributed by atoms with E-state index in [9.17, 15) is 9.36 Å². The lowest BCUT2D eigenvalue weighted by molar-refractivity contribution is -0.142. The molecular weight excluding hydrogens is 193 g/mol. The molecule has 0 spiro atoms. The largest absolute Gasteiger partial charge is 0.525 e. The van der Waals surface area contributed by atoms with Crippen LogP contribution in [0.1, 0.15) is 20.3 Å². The summed E-state index contributed by atoms with van der Waals surface area (Å²) in [4.78, 5) is 19.3. The minimum atomic E-state index is -2.62. The van der Waals surface area contributed by atoms with E-state index in [4.69, 9.17) is 15.7 Å². The summed E-state index contributed by atoms with van der Waals surface area (Å²) in [6, 6.07) is 0. The van der Waals surface area contributed by atoms with E-state index in [1.807, 2.05) is 13.8 Å². The zero-order valence-electron chi connectivity index (χ0n) is 7.67. The molecule has 0 aromatic rings. The smallest absolute Gasteiger partial charge is 0.481 e. The van der Waals surface area contributed by atoms with Crippen molar-refractivity contribution in [2.75, 3.05) is 0 Å². The minimum Gasteiger partial charge on any atom is -0.481 e. The molecular formula is C7H15NO4P+. The van der Waals surface area contributed by atoms with Crippen LogP contribution in [-0.4, -0.2) is 21.8 Å². The van der Waals surface area contributed by atoms with E-state index in [0.717, 1.165) is 0 Å². The topological polar surface area (TPSA) is 101 Å². The Morgan fingerprint density at radius 1 is 1.54 bits per heavy atom. The number of carboxylic acids is 1. The maximum absolute atomic E-state index is 10.7. The van der Waals surface area contributed by atoms with Gasteiger partial charge < -0.3 is 5.11 Å². The average Bonchev–Trinajstić information content (AvgIpc) is 1.97. The molecule has 4 N–H and O–H groups in total. The molecule has 0 aliphatic rings. The Morgan fingerprint density at radius 2 is 2.00 bits per heavy atom. The van der Waals surface area contributed by atoms with Gasteiger partial charge in [0.15, 0.2) is 0 Å². The first kappa shape index (κ1) is 12.5. The minimum absolute atomic E-state index is 0.141. The van der Waals surface area contributed by atoms with Crippen LogP contribution in [0.25, 0.3) is 0 Å². The SMILES string of the molecule is CC(C)CC(C(=O)O)C(N)[P+](=O)O. The van der Waals surface area contributed by atoms with Gasteiger partial charge in [0.25, 0.3) is 0 Å². The van der Waals surface area contributed by atoms with Crippen molar-refractivity contribution in [3.05, 3.63) is 0 Å². The van der Waals surface area contributed by atoms with Crippen molar-refractivity contribution in [1.82, 2.24) is 0 Å². The monoisotopic (exact) mass is 208 g/mol. The molecule has 0 aromatic heterocycles. The van der Waals surface area contributed by atoms with Crippen LogP contribution in [0.5, 0.6) is 0 Å². The summed E-state index contributed by atoms with van der Waals surface area (Å²) in [7, 11) is -2.62. The van der Waals surface area contributed by atoms with E-state index in [1.54, 1.807) is 0 Å². The van der Waals surface area contributed by atoms with Gasteiger partial charge in [-0.1, -0.05) is 13.8 Å². The van der Waals surface area contributed by atoms with Gasteiger partial charge in [0.05, 0.1) is 0 Å². The van der Waals surface area contributed by atoms with Crippen molar-refractivity contribution in [2.45, 2.75) is 26.1 Å². The average molecular weight is 208 g/mol. The van der Waals surface area contributed by atoms with Gasteiger partial charge in [-0.05, 0) is 16.9 Å². The molecule has 3 unspecified atom stereocenters. The van der Waals surface area contributed by atoms with Gasteiger partial charge in [0.2, 0.25) is 5.78 Å². The van der Waals surface area contributed by atoms with E-state index >= 15 is 0 Å². The number of carbonyl (C=O) groups is 1. The van der Waals surface area contributed by atoms with Crippen LogP contribution in [0, 0.1) is 11.8 Å². The Labute approximate surface area is 77.8 Å². The molecule has 3 atom stereocenters. The maximum Gasteiger partial charge on any atom is 0.525 e. The molecule has 0 bridgehead atoms. The van der Waals surface area contributed by atoms with E-state index in [1.165, 1.54) is 0 Å². The Balaban J connectivity index is 4.42. The van der Waals surface area contributed by atoms with Crippen LogP contribution >= 0.6 is 8.03 Å². The highest BCUT2D eigenvalue weighted by molar-refractivity contribution is 7.38. The molecule has 0 saturated heterocycles. The number of carboxylic acid groups (broad SMARTS) is 1. The standard InChI is InChI=1S/C7H14NO4P/c1-4(2)3-5(7(9)10)6(8)13(11)12/h4-6H,3,8H2,1-2H3,(H-,9,10,11,12)/p+1. The van der Waals surface area contributed by atoms with Crippen LogP contribution < -0.4 is 5.73 Å². The highest BCUT2D eigenvalue weighted by Crippen LogP contribution is 2.28. The predicted molar refractivity (Wildman–Crippen MR) is 48.4 cm³/mol. The molecule has 76 valence electrons. The van der Waals surface area contributed by atoms with Crippen LogP contribution in [0.4, 0.5) is 0 Å². The zero-order chi connectivity index (χ0) is 10.6. The second kappa shape index (κ2) is 5.27. The molecule has 0 heterocycles. The third-order valence-electron chi connectivity index (χ3n) is 1.71. The third kappa shape index (κ3) is 4.31. The molecule has 0 fully saturated rings. The first-order valence-corrected chi connectivity index (χ1v) is 5.28. The fraction of sp³-hybridized carbons (Fsp3) is 0.857. The van der Waals surface area contributed by atoms with Crippen molar-refractivity contribution in [3.63, 3.8) is 0 Å². The predicted octanol–water partition coefficient (Wildman–Crippen LogP) is 0.753. The van der Waals surface area contributed by atoms with Gasteiger partial charge in [-0.2, -0.15) is 4.89 Å². The van der Waals surface area contributed by atoms with Gasteiger partial charge in [0.1, 0.15) is 5.92 Å². The zero-order valence-corrected chi connectivity index (χ0v) is 8.57. The molecule has 5 nitrogen and oxygen atoms in total. The van der Waals surface area contributed by atoms with Crippen molar-refractivity contribution >= 4 is 14.0 Å². The van der Waals surface area contributed by atoms with Crippen LogP contribution in [0.15, 0.2) is 0 Å². The maximum atomic E-state index is 10.7. The Morgan fingerprint density at radius 3 is 2.23 bits per heavy atom. The highest BCUT2D eigenvalue weighted by atomic mass is 31.1. The quantitative estimate of drug-likeness (QED) is 0.579. The summed E-state index contributed by atoms with van der Waals surface area (Å²) >= 11 is 0. The highest BCUT2D eigenvalue weighted by Gasteiger charge is 2.39. The van der Waals surface area contributed by atoms with E-state index < -0.39 is 25.7 Å². The van der Waals surface area contributed by atoms with Crippen LogP contribution in [-0.2, 0) is 9.36 Å². The summed E-state index contributed by atoms with van der Waals surface area (Å²) in [5.41, 5.74) is 5.30. The second-order valence-electron chi connectivity index (χ2n) is 3.37. The summed E-state index contributed by atoms with van der Waals surface area (Å²) in [5, 5.41) is 8.72. The fourth-order valence-electron chi connectivity index (χ4n) is 1.05. The third-order valence-corrected chi connectivity index (χ3v) is 2.58. The molecule has 0 aliphatic heterocycles. The van der Waals surface area contributed by atoms with Gasteiger partial charge in [-0.15, -0.1) is 0 Å². The van der Waals surface area contributed by atoms with Gasteiger partial charge in [-0.25, -0.2) is 0 Å². The number of hydrogen-bond acceptors (Lipinski definition) is 3. The number of nitrogens with two attached hydrogens (primary N) is 1. The summed E-state index contributed by atoms with van der Waals surface area (Å²) < 4.78 is 10.6. The Kier molecular flexibility index (Phi) is 5.06. The number of hydrogen-bond donors (Lipinski definition) is 3.